The number of rotatable bonds is 5. The third kappa shape index (κ3) is 3.73. The first-order valence-electron chi connectivity index (χ1n) is 8.18. The van der Waals surface area contributed by atoms with Crippen LogP contribution in [0, 0.1) is 5.41 Å². The van der Waals surface area contributed by atoms with Crippen molar-refractivity contribution in [3.05, 3.63) is 0 Å². The molecule has 21 heavy (non-hydrogen) atoms. The van der Waals surface area contributed by atoms with Crippen LogP contribution < -0.4 is 11.1 Å². The standard InChI is InChI=1S/C16H28N2OS2/c1-21-15(8-4-2-5-9-15)12-18-14(19)16(13(17)20)10-6-3-7-11-16/h2-12H2,1H3,(H2,17,20)(H,18,19). The SMILES string of the molecule is CSC1(CNC(=O)C2(C(N)=S)CCCCC2)CCCCC1. The van der Waals surface area contributed by atoms with Crippen LogP contribution in [-0.2, 0) is 4.79 Å². The molecule has 0 atom stereocenters. The van der Waals surface area contributed by atoms with Gasteiger partial charge in [0.1, 0.15) is 0 Å². The maximum Gasteiger partial charge on any atom is 0.233 e. The fourth-order valence-electron chi connectivity index (χ4n) is 3.80. The van der Waals surface area contributed by atoms with Gasteiger partial charge in [0.05, 0.1) is 10.4 Å². The summed E-state index contributed by atoms with van der Waals surface area (Å²) < 4.78 is 0.222. The van der Waals surface area contributed by atoms with Crippen molar-refractivity contribution in [2.24, 2.45) is 11.1 Å². The van der Waals surface area contributed by atoms with Crippen LogP contribution in [0.4, 0.5) is 0 Å². The highest BCUT2D eigenvalue weighted by atomic mass is 32.2. The fraction of sp³-hybridized carbons (Fsp3) is 0.875. The average molecular weight is 329 g/mol. The average Bonchev–Trinajstić information content (AvgIpc) is 2.54. The number of hydrogen-bond acceptors (Lipinski definition) is 3. The number of carbonyl (C=O) groups excluding carboxylic acids is 1. The van der Waals surface area contributed by atoms with Crippen LogP contribution in [0.1, 0.15) is 64.2 Å². The first-order chi connectivity index (χ1) is 10.0. The predicted octanol–water partition coefficient (Wildman–Crippen LogP) is 3.41. The summed E-state index contributed by atoms with van der Waals surface area (Å²) in [4.78, 5) is 13.2. The summed E-state index contributed by atoms with van der Waals surface area (Å²) in [7, 11) is 0. The largest absolute Gasteiger partial charge is 0.392 e. The van der Waals surface area contributed by atoms with Crippen molar-refractivity contribution in [1.82, 2.24) is 5.32 Å². The summed E-state index contributed by atoms with van der Waals surface area (Å²) in [6, 6.07) is 0. The number of carbonyl (C=O) groups is 1. The van der Waals surface area contributed by atoms with E-state index in [0.717, 1.165) is 32.2 Å². The maximum absolute atomic E-state index is 12.8. The summed E-state index contributed by atoms with van der Waals surface area (Å²) in [5, 5.41) is 3.21. The molecule has 3 nitrogen and oxygen atoms in total. The summed E-state index contributed by atoms with van der Waals surface area (Å²) in [5.41, 5.74) is 5.36. The van der Waals surface area contributed by atoms with E-state index in [1.807, 2.05) is 11.8 Å². The lowest BCUT2D eigenvalue weighted by atomic mass is 9.73. The Balaban J connectivity index is 2.00. The first-order valence-corrected chi connectivity index (χ1v) is 9.81. The van der Waals surface area contributed by atoms with Crippen molar-refractivity contribution >= 4 is 34.9 Å². The van der Waals surface area contributed by atoms with Crippen molar-refractivity contribution in [3.63, 3.8) is 0 Å². The molecule has 2 aliphatic carbocycles. The monoisotopic (exact) mass is 328 g/mol. The van der Waals surface area contributed by atoms with Crippen LogP contribution in [0.15, 0.2) is 0 Å². The molecule has 0 unspecified atom stereocenters. The first kappa shape index (κ1) is 17.1. The molecule has 0 heterocycles. The Kier molecular flexibility index (Phi) is 5.95. The van der Waals surface area contributed by atoms with Gasteiger partial charge in [-0.05, 0) is 31.9 Å². The normalized spacial score (nSPS) is 24.2. The van der Waals surface area contributed by atoms with E-state index in [4.69, 9.17) is 18.0 Å². The minimum absolute atomic E-state index is 0.0775. The molecule has 2 saturated carbocycles. The molecule has 1 amide bonds. The molecule has 0 radical (unpaired) electrons. The molecule has 0 aliphatic heterocycles. The van der Waals surface area contributed by atoms with Gasteiger partial charge in [0, 0.05) is 11.3 Å². The molecule has 120 valence electrons. The third-order valence-corrected chi connectivity index (χ3v) is 7.19. The smallest absolute Gasteiger partial charge is 0.233 e. The van der Waals surface area contributed by atoms with E-state index in [0.29, 0.717) is 4.99 Å². The lowest BCUT2D eigenvalue weighted by Gasteiger charge is -2.39. The quantitative estimate of drug-likeness (QED) is 0.760. The Hall–Kier alpha value is -0.290. The van der Waals surface area contributed by atoms with E-state index < -0.39 is 5.41 Å². The van der Waals surface area contributed by atoms with Crippen LogP contribution in [0.5, 0.6) is 0 Å². The number of nitrogens with one attached hydrogen (secondary N) is 1. The van der Waals surface area contributed by atoms with Crippen molar-refractivity contribution in [1.29, 1.82) is 0 Å². The highest BCUT2D eigenvalue weighted by molar-refractivity contribution is 8.00. The van der Waals surface area contributed by atoms with Crippen molar-refractivity contribution in [2.75, 3.05) is 12.8 Å². The van der Waals surface area contributed by atoms with Crippen LogP contribution in [0.25, 0.3) is 0 Å². The lowest BCUT2D eigenvalue weighted by molar-refractivity contribution is -0.129. The van der Waals surface area contributed by atoms with Crippen LogP contribution in [0.2, 0.25) is 0 Å². The second-order valence-corrected chi connectivity index (χ2v) is 8.35. The van der Waals surface area contributed by atoms with Crippen LogP contribution in [0.3, 0.4) is 0 Å². The van der Waals surface area contributed by atoms with Crippen LogP contribution in [-0.4, -0.2) is 28.4 Å². The Morgan fingerprint density at radius 2 is 1.62 bits per heavy atom. The molecule has 0 aromatic heterocycles. The van der Waals surface area contributed by atoms with Crippen molar-refractivity contribution in [3.8, 4) is 0 Å². The predicted molar refractivity (Wildman–Crippen MR) is 94.6 cm³/mol. The Morgan fingerprint density at radius 3 is 2.10 bits per heavy atom. The van der Waals surface area contributed by atoms with Gasteiger partial charge >= 0.3 is 0 Å². The highest BCUT2D eigenvalue weighted by Gasteiger charge is 2.43. The van der Waals surface area contributed by atoms with E-state index >= 15 is 0 Å². The van der Waals surface area contributed by atoms with Gasteiger partial charge in [-0.25, -0.2) is 0 Å². The van der Waals surface area contributed by atoms with Gasteiger partial charge in [-0.1, -0.05) is 50.7 Å². The zero-order valence-electron chi connectivity index (χ0n) is 13.1. The van der Waals surface area contributed by atoms with Crippen molar-refractivity contribution in [2.45, 2.75) is 69.0 Å². The molecule has 2 fully saturated rings. The lowest BCUT2D eigenvalue weighted by Crippen LogP contribution is -2.53. The number of thioether (sulfide) groups is 1. The number of nitrogens with two attached hydrogens (primary N) is 1. The Morgan fingerprint density at radius 1 is 1.10 bits per heavy atom. The third-order valence-electron chi connectivity index (χ3n) is 5.38. The fourth-order valence-corrected chi connectivity index (χ4v) is 5.01. The second-order valence-electron chi connectivity index (χ2n) is 6.64. The van der Waals surface area contributed by atoms with E-state index in [9.17, 15) is 4.79 Å². The topological polar surface area (TPSA) is 55.1 Å². The minimum atomic E-state index is -0.581. The van der Waals surface area contributed by atoms with Gasteiger partial charge in [-0.2, -0.15) is 11.8 Å². The van der Waals surface area contributed by atoms with Gasteiger partial charge in [-0.15, -0.1) is 0 Å². The minimum Gasteiger partial charge on any atom is -0.392 e. The second kappa shape index (κ2) is 7.32. The zero-order chi connectivity index (χ0) is 15.3. The molecular weight excluding hydrogens is 300 g/mol. The molecule has 0 saturated heterocycles. The van der Waals surface area contributed by atoms with Gasteiger partial charge in [-0.3, -0.25) is 4.79 Å². The zero-order valence-corrected chi connectivity index (χ0v) is 14.7. The van der Waals surface area contributed by atoms with E-state index in [-0.39, 0.29) is 10.7 Å². The summed E-state index contributed by atoms with van der Waals surface area (Å²) in [5.74, 6) is 0.0775. The number of hydrogen-bond donors (Lipinski definition) is 2. The Labute approximate surface area is 138 Å². The molecule has 0 spiro atoms. The number of thiocarbonyl (C=S) groups is 1. The molecule has 2 rings (SSSR count). The van der Waals surface area contributed by atoms with Gasteiger partial charge in [0.25, 0.3) is 0 Å². The molecule has 0 aromatic carbocycles. The van der Waals surface area contributed by atoms with Gasteiger partial charge in [0.15, 0.2) is 0 Å². The van der Waals surface area contributed by atoms with Gasteiger partial charge < -0.3 is 11.1 Å². The maximum atomic E-state index is 12.8. The van der Waals surface area contributed by atoms with E-state index in [1.165, 1.54) is 38.5 Å². The summed E-state index contributed by atoms with van der Waals surface area (Å²) in [6.07, 6.45) is 13.4. The van der Waals surface area contributed by atoms with E-state index in [2.05, 4.69) is 11.6 Å². The summed E-state index contributed by atoms with van der Waals surface area (Å²) in [6.45, 7) is 0.761. The molecule has 0 aromatic rings. The molecule has 3 N–H and O–H groups in total. The Bertz CT molecular complexity index is 386. The molecule has 0 bridgehead atoms. The summed E-state index contributed by atoms with van der Waals surface area (Å²) >= 11 is 7.15. The van der Waals surface area contributed by atoms with Gasteiger partial charge in [0.2, 0.25) is 5.91 Å². The highest BCUT2D eigenvalue weighted by Crippen LogP contribution is 2.40. The van der Waals surface area contributed by atoms with Crippen molar-refractivity contribution < 1.29 is 4.79 Å². The number of amides is 1. The van der Waals surface area contributed by atoms with Crippen LogP contribution >= 0.6 is 24.0 Å². The molecular formula is C16H28N2OS2. The van der Waals surface area contributed by atoms with E-state index in [1.54, 1.807) is 0 Å². The molecule has 2 aliphatic rings. The molecule has 5 heteroatoms.